The van der Waals surface area contributed by atoms with Crippen LogP contribution in [-0.4, -0.2) is 84.7 Å². The van der Waals surface area contributed by atoms with Gasteiger partial charge in [-0.15, -0.1) is 0 Å². The third kappa shape index (κ3) is 9.90. The first-order chi connectivity index (χ1) is 20.3. The Balaban J connectivity index is 1.38. The third-order valence-corrected chi connectivity index (χ3v) is 11.3. The van der Waals surface area contributed by atoms with Crippen LogP contribution in [0, 0.1) is 11.8 Å². The number of nitrogens with zero attached hydrogens (tertiary/aromatic N) is 2. The minimum Gasteiger partial charge on any atom is -0.488 e. The molecule has 2 fully saturated rings. The number of halogens is 4. The Kier molecular flexibility index (Phi) is 13.3. The van der Waals surface area contributed by atoms with Crippen molar-refractivity contribution in [2.45, 2.75) is 71.0 Å². The van der Waals surface area contributed by atoms with Gasteiger partial charge in [0.05, 0.1) is 17.9 Å². The average molecular weight is 854 g/mol. The zero-order chi connectivity index (χ0) is 31.3. The Morgan fingerprint density at radius 3 is 1.28 bits per heavy atom. The van der Waals surface area contributed by atoms with Gasteiger partial charge in [0, 0.05) is 18.5 Å². The summed E-state index contributed by atoms with van der Waals surface area (Å²) >= 11 is 14.9. The topological polar surface area (TPSA) is 65.4 Å². The van der Waals surface area contributed by atoms with E-state index in [1.807, 2.05) is 0 Å². The molecule has 0 aliphatic carbocycles. The highest BCUT2D eigenvalue weighted by molar-refractivity contribution is 9.11. The van der Waals surface area contributed by atoms with Gasteiger partial charge in [-0.05, 0) is 163 Å². The molecule has 0 spiro atoms. The maximum absolute atomic E-state index is 10.6. The lowest BCUT2D eigenvalue weighted by molar-refractivity contribution is 0.0558. The van der Waals surface area contributed by atoms with Crippen LogP contribution in [0.4, 0.5) is 0 Å². The molecule has 240 valence electrons. The van der Waals surface area contributed by atoms with E-state index in [2.05, 4.69) is 125 Å². The lowest BCUT2D eigenvalue weighted by Crippen LogP contribution is -2.40. The molecule has 2 N–H and O–H groups in total. The van der Waals surface area contributed by atoms with Crippen LogP contribution >= 0.6 is 63.7 Å². The number of piperidine rings is 2. The Morgan fingerprint density at radius 1 is 0.674 bits per heavy atom. The highest BCUT2D eigenvalue weighted by Gasteiger charge is 2.28. The number of aliphatic hydroxyl groups is 2. The Hall–Kier alpha value is -0.200. The molecule has 0 bridgehead atoms. The summed E-state index contributed by atoms with van der Waals surface area (Å²) in [7, 11) is 0. The molecular formula is C33H46Br4N2O4. The fraction of sp³-hybridized carbons (Fsp3) is 0.636. The predicted molar refractivity (Wildman–Crippen MR) is 188 cm³/mol. The van der Waals surface area contributed by atoms with Crippen LogP contribution in [0.5, 0.6) is 11.5 Å². The van der Waals surface area contributed by atoms with E-state index in [1.165, 1.54) is 25.7 Å². The molecule has 6 nitrogen and oxygen atoms in total. The zero-order valence-corrected chi connectivity index (χ0v) is 32.1. The second kappa shape index (κ2) is 16.1. The van der Waals surface area contributed by atoms with Crippen molar-refractivity contribution in [3.63, 3.8) is 0 Å². The molecule has 0 amide bonds. The van der Waals surface area contributed by atoms with E-state index in [-0.39, 0.29) is 18.6 Å². The highest BCUT2D eigenvalue weighted by atomic mass is 79.9. The molecule has 4 rings (SSSR count). The maximum Gasteiger partial charge on any atom is 0.147 e. The molecular weight excluding hydrogens is 808 g/mol. The van der Waals surface area contributed by atoms with Crippen LogP contribution in [-0.2, 0) is 5.41 Å². The normalized spacial score (nSPS) is 19.4. The van der Waals surface area contributed by atoms with Crippen LogP contribution in [0.1, 0.15) is 64.5 Å². The number of β-amino-alcohol motifs (C(OH)–C–C–N with tert-alkyl or cyclic N) is 2. The van der Waals surface area contributed by atoms with Crippen LogP contribution < -0.4 is 9.47 Å². The van der Waals surface area contributed by atoms with E-state index < -0.39 is 12.2 Å². The zero-order valence-electron chi connectivity index (χ0n) is 25.7. The summed E-state index contributed by atoms with van der Waals surface area (Å²) in [5.74, 6) is 2.92. The van der Waals surface area contributed by atoms with Gasteiger partial charge in [0.15, 0.2) is 0 Å². The standard InChI is InChI=1S/C33H46Br4N2O4/c1-21-5-9-38(10-6-21)17-25(40)19-42-31-27(34)13-23(14-28(31)35)33(3,4)24-15-29(36)32(30(37)16-24)43-20-26(41)18-39-11-7-22(2)8-12-39/h13-16,21-22,25-26,40-41H,5-12,17-20H2,1-4H3. The van der Waals surface area contributed by atoms with Gasteiger partial charge in [0.1, 0.15) is 36.9 Å². The summed E-state index contributed by atoms with van der Waals surface area (Å²) in [6, 6.07) is 8.34. The van der Waals surface area contributed by atoms with Crippen molar-refractivity contribution in [1.29, 1.82) is 0 Å². The predicted octanol–water partition coefficient (Wildman–Crippen LogP) is 8.01. The van der Waals surface area contributed by atoms with Gasteiger partial charge in [0.25, 0.3) is 0 Å². The number of rotatable bonds is 12. The molecule has 2 aliphatic heterocycles. The largest absolute Gasteiger partial charge is 0.488 e. The maximum atomic E-state index is 10.6. The summed E-state index contributed by atoms with van der Waals surface area (Å²) < 4.78 is 15.5. The van der Waals surface area contributed by atoms with Crippen molar-refractivity contribution in [3.8, 4) is 11.5 Å². The van der Waals surface area contributed by atoms with Crippen molar-refractivity contribution in [2.24, 2.45) is 11.8 Å². The quantitative estimate of drug-likeness (QED) is 0.226. The van der Waals surface area contributed by atoms with Crippen molar-refractivity contribution in [1.82, 2.24) is 9.80 Å². The molecule has 43 heavy (non-hydrogen) atoms. The number of ether oxygens (including phenoxy) is 2. The summed E-state index contributed by atoms with van der Waals surface area (Å²) in [5.41, 5.74) is 1.85. The van der Waals surface area contributed by atoms with Crippen molar-refractivity contribution in [3.05, 3.63) is 53.3 Å². The first kappa shape index (κ1) is 35.7. The molecule has 0 saturated carbocycles. The summed E-state index contributed by atoms with van der Waals surface area (Å²) in [6.07, 6.45) is 3.65. The van der Waals surface area contributed by atoms with Crippen LogP contribution in [0.15, 0.2) is 42.2 Å². The lowest BCUT2D eigenvalue weighted by atomic mass is 9.78. The molecule has 2 heterocycles. The van der Waals surface area contributed by atoms with Gasteiger partial charge < -0.3 is 29.5 Å². The van der Waals surface area contributed by atoms with E-state index in [0.717, 1.165) is 67.0 Å². The second-order valence-corrected chi connectivity index (χ2v) is 16.5. The molecule has 2 saturated heterocycles. The van der Waals surface area contributed by atoms with E-state index in [4.69, 9.17) is 9.47 Å². The number of benzene rings is 2. The average Bonchev–Trinajstić information content (AvgIpc) is 2.94. The summed E-state index contributed by atoms with van der Waals surface area (Å²) in [6.45, 7) is 14.8. The number of hydrogen-bond acceptors (Lipinski definition) is 6. The minimum absolute atomic E-state index is 0.235. The fourth-order valence-corrected chi connectivity index (χ4v) is 8.66. The van der Waals surface area contributed by atoms with Crippen molar-refractivity contribution < 1.29 is 19.7 Å². The smallest absolute Gasteiger partial charge is 0.147 e. The molecule has 2 aromatic carbocycles. The van der Waals surface area contributed by atoms with E-state index in [0.29, 0.717) is 24.6 Å². The molecule has 0 radical (unpaired) electrons. The lowest BCUT2D eigenvalue weighted by Gasteiger charge is -2.32. The summed E-state index contributed by atoms with van der Waals surface area (Å²) in [4.78, 5) is 4.66. The van der Waals surface area contributed by atoms with Gasteiger partial charge >= 0.3 is 0 Å². The molecule has 2 unspecified atom stereocenters. The second-order valence-electron chi connectivity index (χ2n) is 13.1. The first-order valence-electron chi connectivity index (χ1n) is 15.4. The van der Waals surface area contributed by atoms with Gasteiger partial charge in [-0.2, -0.15) is 0 Å². The van der Waals surface area contributed by atoms with Gasteiger partial charge in [0.2, 0.25) is 0 Å². The van der Waals surface area contributed by atoms with E-state index >= 15 is 0 Å². The summed E-state index contributed by atoms with van der Waals surface area (Å²) in [5, 5.41) is 21.3. The Bertz CT molecular complexity index is 1080. The van der Waals surface area contributed by atoms with Gasteiger partial charge in [-0.1, -0.05) is 27.7 Å². The van der Waals surface area contributed by atoms with Gasteiger partial charge in [-0.25, -0.2) is 0 Å². The Labute approximate surface area is 291 Å². The first-order valence-corrected chi connectivity index (χ1v) is 18.6. The number of likely N-dealkylation sites (tertiary alicyclic amines) is 2. The molecule has 2 aliphatic rings. The fourth-order valence-electron chi connectivity index (χ4n) is 5.83. The third-order valence-electron chi connectivity index (χ3n) is 8.97. The van der Waals surface area contributed by atoms with Crippen molar-refractivity contribution in [2.75, 3.05) is 52.5 Å². The molecule has 10 heteroatoms. The van der Waals surface area contributed by atoms with Gasteiger partial charge in [-0.3, -0.25) is 0 Å². The number of aliphatic hydroxyl groups excluding tert-OH is 2. The van der Waals surface area contributed by atoms with Crippen LogP contribution in [0.3, 0.4) is 0 Å². The van der Waals surface area contributed by atoms with Crippen molar-refractivity contribution >= 4 is 63.7 Å². The SMILES string of the molecule is CC1CCN(CC(O)COc2c(Br)cc(C(C)(C)c3cc(Br)c(OCC(O)CN4CCC(C)CC4)c(Br)c3)cc2Br)CC1. The molecule has 0 aromatic heterocycles. The molecule has 2 aromatic rings. The number of hydrogen-bond donors (Lipinski definition) is 2. The van der Waals surface area contributed by atoms with Crippen LogP contribution in [0.25, 0.3) is 0 Å². The Morgan fingerprint density at radius 2 is 0.977 bits per heavy atom. The van der Waals surface area contributed by atoms with Crippen LogP contribution in [0.2, 0.25) is 0 Å². The van der Waals surface area contributed by atoms with E-state index in [1.54, 1.807) is 0 Å². The molecule has 2 atom stereocenters. The minimum atomic E-state index is -0.548. The monoisotopic (exact) mass is 850 g/mol. The van der Waals surface area contributed by atoms with E-state index in [9.17, 15) is 10.2 Å². The highest BCUT2D eigenvalue weighted by Crippen LogP contribution is 2.44.